The Bertz CT molecular complexity index is 1010. The molecule has 2 aliphatic rings. The number of benzene rings is 1. The summed E-state index contributed by atoms with van der Waals surface area (Å²) in [7, 11) is 0. The summed E-state index contributed by atoms with van der Waals surface area (Å²) < 4.78 is 25.9. The van der Waals surface area contributed by atoms with Gasteiger partial charge in [-0.05, 0) is 38.5 Å². The summed E-state index contributed by atoms with van der Waals surface area (Å²) in [5.74, 6) is 0.657. The van der Waals surface area contributed by atoms with Crippen LogP contribution in [0.1, 0.15) is 37.8 Å². The standard InChI is InChI=1S/C22H24FN5O3/c1-14(2)30-22(29)27-8-5-16(6-9-27)31-21-17-7-10-28(20(17)25-13-26-21)19-4-3-15(12-24)11-18(19)23/h3-4,11,13-14,16H,5-10H2,1-2H3. The second-order valence-corrected chi connectivity index (χ2v) is 7.90. The van der Waals surface area contributed by atoms with Crippen LogP contribution in [0.4, 0.5) is 20.7 Å². The van der Waals surface area contributed by atoms with Gasteiger partial charge in [0.05, 0.1) is 29.0 Å². The molecule has 1 saturated heterocycles. The molecule has 9 heteroatoms. The number of amides is 1. The molecule has 0 saturated carbocycles. The Balaban J connectivity index is 1.45. The van der Waals surface area contributed by atoms with Gasteiger partial charge in [-0.25, -0.2) is 19.2 Å². The van der Waals surface area contributed by atoms with E-state index in [-0.39, 0.29) is 23.9 Å². The number of nitrogens with zero attached hydrogens (tertiary/aromatic N) is 5. The van der Waals surface area contributed by atoms with Gasteiger partial charge in [0.15, 0.2) is 0 Å². The van der Waals surface area contributed by atoms with Gasteiger partial charge in [0.25, 0.3) is 0 Å². The molecular weight excluding hydrogens is 401 g/mol. The zero-order valence-corrected chi connectivity index (χ0v) is 17.5. The average molecular weight is 425 g/mol. The number of rotatable bonds is 4. The summed E-state index contributed by atoms with van der Waals surface area (Å²) in [6.07, 6.45) is 2.90. The van der Waals surface area contributed by atoms with Crippen molar-refractivity contribution in [3.8, 4) is 11.9 Å². The van der Waals surface area contributed by atoms with Gasteiger partial charge in [-0.3, -0.25) is 0 Å². The molecule has 2 aliphatic heterocycles. The molecular formula is C22H24FN5O3. The molecule has 3 heterocycles. The predicted molar refractivity (Wildman–Crippen MR) is 111 cm³/mol. The van der Waals surface area contributed by atoms with Gasteiger partial charge in [-0.15, -0.1) is 0 Å². The Labute approximate surface area is 180 Å². The summed E-state index contributed by atoms with van der Waals surface area (Å²) in [4.78, 5) is 24.2. The molecule has 1 aromatic heterocycles. The Hall–Kier alpha value is -3.41. The van der Waals surface area contributed by atoms with E-state index in [4.69, 9.17) is 14.7 Å². The number of piperidine rings is 1. The van der Waals surface area contributed by atoms with Crippen LogP contribution in [0, 0.1) is 17.1 Å². The van der Waals surface area contributed by atoms with Crippen LogP contribution in [0.5, 0.6) is 5.88 Å². The normalized spacial score (nSPS) is 16.2. The molecule has 0 unspecified atom stereocenters. The van der Waals surface area contributed by atoms with Gasteiger partial charge in [-0.1, -0.05) is 0 Å². The smallest absolute Gasteiger partial charge is 0.410 e. The van der Waals surface area contributed by atoms with Crippen molar-refractivity contribution in [1.82, 2.24) is 14.9 Å². The van der Waals surface area contributed by atoms with Crippen molar-refractivity contribution >= 4 is 17.6 Å². The SMILES string of the molecule is CC(C)OC(=O)N1CCC(Oc2ncnc3c2CCN3c2ccc(C#N)cc2F)CC1. The predicted octanol–water partition coefficient (Wildman–Crippen LogP) is 3.57. The fourth-order valence-corrected chi connectivity index (χ4v) is 3.89. The van der Waals surface area contributed by atoms with E-state index in [2.05, 4.69) is 9.97 Å². The summed E-state index contributed by atoms with van der Waals surface area (Å²) in [6, 6.07) is 6.35. The third-order valence-corrected chi connectivity index (χ3v) is 5.41. The third kappa shape index (κ3) is 4.38. The number of carbonyl (C=O) groups excluding carboxylic acids is 1. The molecule has 0 aliphatic carbocycles. The molecule has 0 radical (unpaired) electrons. The van der Waals surface area contributed by atoms with Gasteiger partial charge in [0.2, 0.25) is 5.88 Å². The zero-order chi connectivity index (χ0) is 22.0. The topological polar surface area (TPSA) is 91.6 Å². The van der Waals surface area contributed by atoms with Crippen molar-refractivity contribution < 1.29 is 18.7 Å². The molecule has 1 amide bonds. The Morgan fingerprint density at radius 2 is 2.03 bits per heavy atom. The first-order chi connectivity index (χ1) is 15.0. The van der Waals surface area contributed by atoms with Crippen molar-refractivity contribution in [3.63, 3.8) is 0 Å². The van der Waals surface area contributed by atoms with Crippen LogP contribution < -0.4 is 9.64 Å². The van der Waals surface area contributed by atoms with Crippen molar-refractivity contribution in [1.29, 1.82) is 5.26 Å². The lowest BCUT2D eigenvalue weighted by Crippen LogP contribution is -2.42. The quantitative estimate of drug-likeness (QED) is 0.739. The highest BCUT2D eigenvalue weighted by atomic mass is 19.1. The Kier molecular flexibility index (Phi) is 5.89. The lowest BCUT2D eigenvalue weighted by molar-refractivity contribution is 0.0505. The highest BCUT2D eigenvalue weighted by Crippen LogP contribution is 2.38. The maximum atomic E-state index is 14.5. The zero-order valence-electron chi connectivity index (χ0n) is 17.5. The van der Waals surface area contributed by atoms with Crippen LogP contribution in [0.3, 0.4) is 0 Å². The van der Waals surface area contributed by atoms with E-state index >= 15 is 0 Å². The second-order valence-electron chi connectivity index (χ2n) is 7.90. The average Bonchev–Trinajstić information content (AvgIpc) is 3.18. The van der Waals surface area contributed by atoms with Crippen molar-refractivity contribution in [3.05, 3.63) is 41.5 Å². The minimum absolute atomic E-state index is 0.0669. The number of hydrogen-bond donors (Lipinski definition) is 0. The third-order valence-electron chi connectivity index (χ3n) is 5.41. The van der Waals surface area contributed by atoms with Crippen LogP contribution in [0.25, 0.3) is 0 Å². The second kappa shape index (κ2) is 8.76. The Morgan fingerprint density at radius 1 is 1.26 bits per heavy atom. The van der Waals surface area contributed by atoms with Crippen LogP contribution >= 0.6 is 0 Å². The van der Waals surface area contributed by atoms with Crippen molar-refractivity contribution in [2.24, 2.45) is 0 Å². The van der Waals surface area contributed by atoms with E-state index in [0.29, 0.717) is 56.3 Å². The minimum Gasteiger partial charge on any atom is -0.474 e. The van der Waals surface area contributed by atoms with Gasteiger partial charge < -0.3 is 19.3 Å². The maximum absolute atomic E-state index is 14.5. The summed E-state index contributed by atoms with van der Waals surface area (Å²) in [5.41, 5.74) is 1.49. The first-order valence-electron chi connectivity index (χ1n) is 10.4. The first-order valence-corrected chi connectivity index (χ1v) is 10.4. The van der Waals surface area contributed by atoms with Gasteiger partial charge in [-0.2, -0.15) is 5.26 Å². The van der Waals surface area contributed by atoms with Crippen LogP contribution in [0.2, 0.25) is 0 Å². The molecule has 162 valence electrons. The number of ether oxygens (including phenoxy) is 2. The van der Waals surface area contributed by atoms with E-state index in [0.717, 1.165) is 5.56 Å². The minimum atomic E-state index is -0.464. The maximum Gasteiger partial charge on any atom is 0.410 e. The monoisotopic (exact) mass is 425 g/mol. The fourth-order valence-electron chi connectivity index (χ4n) is 3.89. The first kappa shape index (κ1) is 20.8. The Morgan fingerprint density at radius 3 is 2.71 bits per heavy atom. The molecule has 31 heavy (non-hydrogen) atoms. The van der Waals surface area contributed by atoms with Crippen LogP contribution in [-0.2, 0) is 11.2 Å². The number of aromatic nitrogens is 2. The highest BCUT2D eigenvalue weighted by molar-refractivity contribution is 5.69. The number of likely N-dealkylation sites (tertiary alicyclic amines) is 1. The number of fused-ring (bicyclic) bond motifs is 1. The summed E-state index contributed by atoms with van der Waals surface area (Å²) in [6.45, 7) is 5.33. The van der Waals surface area contributed by atoms with Crippen molar-refractivity contribution in [2.45, 2.75) is 45.3 Å². The molecule has 1 fully saturated rings. The van der Waals surface area contributed by atoms with Crippen LogP contribution in [-0.4, -0.2) is 52.8 Å². The lowest BCUT2D eigenvalue weighted by atomic mass is 10.1. The summed E-state index contributed by atoms with van der Waals surface area (Å²) >= 11 is 0. The van der Waals surface area contributed by atoms with Gasteiger partial charge >= 0.3 is 6.09 Å². The van der Waals surface area contributed by atoms with Crippen LogP contribution in [0.15, 0.2) is 24.5 Å². The highest BCUT2D eigenvalue weighted by Gasteiger charge is 2.30. The molecule has 1 aromatic carbocycles. The van der Waals surface area contributed by atoms with E-state index in [1.54, 1.807) is 21.9 Å². The molecule has 0 atom stereocenters. The molecule has 0 N–H and O–H groups in total. The number of halogens is 1. The largest absolute Gasteiger partial charge is 0.474 e. The number of carbonyl (C=O) groups is 1. The number of hydrogen-bond acceptors (Lipinski definition) is 7. The molecule has 8 nitrogen and oxygen atoms in total. The number of nitriles is 1. The molecule has 0 bridgehead atoms. The number of anilines is 2. The van der Waals surface area contributed by atoms with E-state index < -0.39 is 5.82 Å². The van der Waals surface area contributed by atoms with E-state index in [1.807, 2.05) is 19.9 Å². The molecule has 2 aromatic rings. The molecule has 0 spiro atoms. The molecule has 4 rings (SSSR count). The van der Waals surface area contributed by atoms with Gasteiger partial charge in [0.1, 0.15) is 24.1 Å². The van der Waals surface area contributed by atoms with Gasteiger partial charge in [0, 0.05) is 32.5 Å². The lowest BCUT2D eigenvalue weighted by Gasteiger charge is -2.32. The fraction of sp³-hybridized carbons (Fsp3) is 0.455. The van der Waals surface area contributed by atoms with Crippen molar-refractivity contribution in [2.75, 3.05) is 24.5 Å². The summed E-state index contributed by atoms with van der Waals surface area (Å²) in [5, 5.41) is 8.96. The van der Waals surface area contributed by atoms with E-state index in [9.17, 15) is 9.18 Å². The van der Waals surface area contributed by atoms with E-state index in [1.165, 1.54) is 12.4 Å².